The van der Waals surface area contributed by atoms with Crippen molar-refractivity contribution in [2.24, 2.45) is 5.92 Å². The van der Waals surface area contributed by atoms with E-state index in [-0.39, 0.29) is 23.0 Å². The zero-order valence-electron chi connectivity index (χ0n) is 12.4. The minimum absolute atomic E-state index is 0.0712. The number of ketones is 2. The van der Waals surface area contributed by atoms with Crippen molar-refractivity contribution in [1.82, 2.24) is 10.3 Å². The molecule has 1 unspecified atom stereocenters. The molecule has 3 rings (SSSR count). The molecule has 0 spiro atoms. The van der Waals surface area contributed by atoms with E-state index in [0.717, 1.165) is 31.6 Å². The Morgan fingerprint density at radius 1 is 1.22 bits per heavy atom. The molecule has 1 aliphatic rings. The molecule has 0 amide bonds. The van der Waals surface area contributed by atoms with Crippen molar-refractivity contribution in [3.63, 3.8) is 0 Å². The minimum Gasteiger partial charge on any atom is -0.358 e. The van der Waals surface area contributed by atoms with E-state index in [4.69, 9.17) is 0 Å². The van der Waals surface area contributed by atoms with Crippen LogP contribution in [0.15, 0.2) is 30.5 Å². The Morgan fingerprint density at radius 3 is 2.61 bits per heavy atom. The summed E-state index contributed by atoms with van der Waals surface area (Å²) in [4.78, 5) is 27.2. The molecule has 6 heteroatoms. The molecule has 23 heavy (non-hydrogen) atoms. The molecule has 1 saturated heterocycles. The van der Waals surface area contributed by atoms with Crippen molar-refractivity contribution < 1.29 is 18.4 Å². The van der Waals surface area contributed by atoms with Crippen LogP contribution in [-0.2, 0) is 0 Å². The Kier molecular flexibility index (Phi) is 4.34. The van der Waals surface area contributed by atoms with E-state index in [1.165, 1.54) is 18.3 Å². The lowest BCUT2D eigenvalue weighted by Gasteiger charge is -2.05. The predicted octanol–water partition coefficient (Wildman–Crippen LogP) is 2.71. The van der Waals surface area contributed by atoms with E-state index in [2.05, 4.69) is 10.3 Å². The van der Waals surface area contributed by atoms with Gasteiger partial charge in [-0.3, -0.25) is 9.59 Å². The molecule has 1 aromatic heterocycles. The standard InChI is InChI=1S/C17H16F2N2O2/c18-12-2-1-3-13(19)16(12)17(23)11-7-14(21-9-11)15(22)6-10-4-5-20-8-10/h1-3,7,9-10,20-21H,4-6,8H2. The molecule has 0 radical (unpaired) electrons. The maximum Gasteiger partial charge on any atom is 0.200 e. The number of benzene rings is 1. The van der Waals surface area contributed by atoms with Gasteiger partial charge in [0.2, 0.25) is 0 Å². The van der Waals surface area contributed by atoms with Gasteiger partial charge in [-0.25, -0.2) is 8.78 Å². The monoisotopic (exact) mass is 318 g/mol. The van der Waals surface area contributed by atoms with Crippen molar-refractivity contribution in [3.05, 3.63) is 58.9 Å². The van der Waals surface area contributed by atoms with E-state index in [1.807, 2.05) is 0 Å². The van der Waals surface area contributed by atoms with Gasteiger partial charge < -0.3 is 10.3 Å². The fourth-order valence-corrected chi connectivity index (χ4v) is 2.81. The normalized spacial score (nSPS) is 17.4. The smallest absolute Gasteiger partial charge is 0.200 e. The summed E-state index contributed by atoms with van der Waals surface area (Å²) in [5.74, 6) is -2.43. The van der Waals surface area contributed by atoms with Gasteiger partial charge >= 0.3 is 0 Å². The van der Waals surface area contributed by atoms with Gasteiger partial charge in [-0.15, -0.1) is 0 Å². The van der Waals surface area contributed by atoms with E-state index < -0.39 is 23.0 Å². The van der Waals surface area contributed by atoms with E-state index >= 15 is 0 Å². The number of aromatic nitrogens is 1. The molecular formula is C17H16F2N2O2. The molecule has 1 atom stereocenters. The molecule has 120 valence electrons. The summed E-state index contributed by atoms with van der Waals surface area (Å²) in [6.07, 6.45) is 2.64. The molecule has 0 bridgehead atoms. The number of H-pyrrole nitrogens is 1. The molecule has 4 nitrogen and oxygen atoms in total. The van der Waals surface area contributed by atoms with Gasteiger partial charge in [-0.1, -0.05) is 6.07 Å². The highest BCUT2D eigenvalue weighted by Crippen LogP contribution is 2.20. The highest BCUT2D eigenvalue weighted by Gasteiger charge is 2.23. The van der Waals surface area contributed by atoms with E-state index in [9.17, 15) is 18.4 Å². The number of halogens is 2. The van der Waals surface area contributed by atoms with Crippen LogP contribution in [0.25, 0.3) is 0 Å². The van der Waals surface area contributed by atoms with Crippen LogP contribution in [0.4, 0.5) is 8.78 Å². The molecule has 0 saturated carbocycles. The van der Waals surface area contributed by atoms with E-state index in [1.54, 1.807) is 0 Å². The second-order valence-corrected chi connectivity index (χ2v) is 5.71. The first-order chi connectivity index (χ1) is 11.1. The second-order valence-electron chi connectivity index (χ2n) is 5.71. The SMILES string of the molecule is O=C(CC1CCNC1)c1cc(C(=O)c2c(F)cccc2F)c[nH]1. The minimum atomic E-state index is -0.916. The summed E-state index contributed by atoms with van der Waals surface area (Å²) in [5.41, 5.74) is -0.246. The lowest BCUT2D eigenvalue weighted by molar-refractivity contribution is 0.0960. The highest BCUT2D eigenvalue weighted by atomic mass is 19.1. The van der Waals surface area contributed by atoms with Crippen LogP contribution in [0.3, 0.4) is 0 Å². The average molecular weight is 318 g/mol. The number of nitrogens with one attached hydrogen (secondary N) is 2. The zero-order valence-corrected chi connectivity index (χ0v) is 12.4. The van der Waals surface area contributed by atoms with Gasteiger partial charge in [-0.05, 0) is 43.6 Å². The van der Waals surface area contributed by atoms with Crippen LogP contribution in [0, 0.1) is 17.6 Å². The lowest BCUT2D eigenvalue weighted by Crippen LogP contribution is -2.13. The summed E-state index contributed by atoms with van der Waals surface area (Å²) < 4.78 is 27.4. The van der Waals surface area contributed by atoms with Gasteiger partial charge in [-0.2, -0.15) is 0 Å². The Labute approximate surface area is 131 Å². The summed E-state index contributed by atoms with van der Waals surface area (Å²) >= 11 is 0. The average Bonchev–Trinajstić information content (AvgIpc) is 3.18. The summed E-state index contributed by atoms with van der Waals surface area (Å²) in [6.45, 7) is 1.71. The topological polar surface area (TPSA) is 62.0 Å². The number of carbonyl (C=O) groups excluding carboxylic acids is 2. The number of rotatable bonds is 5. The van der Waals surface area contributed by atoms with Crippen LogP contribution in [0.5, 0.6) is 0 Å². The fraction of sp³-hybridized carbons (Fsp3) is 0.294. The maximum atomic E-state index is 13.7. The van der Waals surface area contributed by atoms with Crippen molar-refractivity contribution >= 4 is 11.6 Å². The zero-order chi connectivity index (χ0) is 16.4. The Balaban J connectivity index is 1.78. The Morgan fingerprint density at radius 2 is 1.96 bits per heavy atom. The molecule has 2 aromatic rings. The van der Waals surface area contributed by atoms with Crippen LogP contribution < -0.4 is 5.32 Å². The quantitative estimate of drug-likeness (QED) is 0.833. The van der Waals surface area contributed by atoms with E-state index in [0.29, 0.717) is 6.42 Å². The van der Waals surface area contributed by atoms with Crippen LogP contribution in [0.1, 0.15) is 39.3 Å². The third-order valence-corrected chi connectivity index (χ3v) is 4.07. The van der Waals surface area contributed by atoms with Gasteiger partial charge in [0.25, 0.3) is 0 Å². The lowest BCUT2D eigenvalue weighted by atomic mass is 9.99. The van der Waals surface area contributed by atoms with Gasteiger partial charge in [0.05, 0.1) is 11.3 Å². The Hall–Kier alpha value is -2.34. The van der Waals surface area contributed by atoms with Crippen LogP contribution in [0.2, 0.25) is 0 Å². The number of Topliss-reactive ketones (excluding diaryl/α,β-unsaturated/α-hetero) is 1. The molecule has 1 aromatic carbocycles. The maximum absolute atomic E-state index is 13.7. The highest BCUT2D eigenvalue weighted by molar-refractivity contribution is 6.10. The van der Waals surface area contributed by atoms with Crippen molar-refractivity contribution in [1.29, 1.82) is 0 Å². The van der Waals surface area contributed by atoms with Crippen LogP contribution >= 0.6 is 0 Å². The molecule has 2 N–H and O–H groups in total. The Bertz CT molecular complexity index is 729. The number of hydrogen-bond acceptors (Lipinski definition) is 3. The molecule has 0 aliphatic carbocycles. The van der Waals surface area contributed by atoms with Gasteiger partial charge in [0.1, 0.15) is 11.6 Å². The second kappa shape index (κ2) is 6.42. The number of carbonyl (C=O) groups is 2. The largest absolute Gasteiger partial charge is 0.358 e. The van der Waals surface area contributed by atoms with Gasteiger partial charge in [0.15, 0.2) is 11.6 Å². The number of hydrogen-bond donors (Lipinski definition) is 2. The molecule has 1 fully saturated rings. The van der Waals surface area contributed by atoms with Crippen molar-refractivity contribution in [2.75, 3.05) is 13.1 Å². The van der Waals surface area contributed by atoms with Crippen molar-refractivity contribution in [2.45, 2.75) is 12.8 Å². The third kappa shape index (κ3) is 3.22. The first-order valence-corrected chi connectivity index (χ1v) is 7.47. The fourth-order valence-electron chi connectivity index (χ4n) is 2.81. The molecule has 1 aliphatic heterocycles. The summed E-state index contributed by atoms with van der Waals surface area (Å²) in [6, 6.07) is 4.62. The molecular weight excluding hydrogens is 302 g/mol. The first-order valence-electron chi connectivity index (χ1n) is 7.47. The number of aromatic amines is 1. The third-order valence-electron chi connectivity index (χ3n) is 4.07. The summed E-state index contributed by atoms with van der Waals surface area (Å²) in [5, 5.41) is 3.19. The summed E-state index contributed by atoms with van der Waals surface area (Å²) in [7, 11) is 0. The first kappa shape index (κ1) is 15.6. The predicted molar refractivity (Wildman–Crippen MR) is 80.5 cm³/mol. The van der Waals surface area contributed by atoms with Crippen LogP contribution in [-0.4, -0.2) is 29.6 Å². The molecule has 2 heterocycles. The van der Waals surface area contributed by atoms with Crippen molar-refractivity contribution in [3.8, 4) is 0 Å². The van der Waals surface area contributed by atoms with Gasteiger partial charge in [0, 0.05) is 18.2 Å².